The Hall–Kier alpha value is -3.19. The van der Waals surface area contributed by atoms with E-state index < -0.39 is 0 Å². The van der Waals surface area contributed by atoms with Crippen molar-refractivity contribution in [2.24, 2.45) is 5.10 Å². The number of hydrogen-bond donors (Lipinski definition) is 0. The van der Waals surface area contributed by atoms with Crippen molar-refractivity contribution in [3.05, 3.63) is 86.1 Å². The Morgan fingerprint density at radius 2 is 1.85 bits per heavy atom. The van der Waals surface area contributed by atoms with Gasteiger partial charge in [-0.1, -0.05) is 29.8 Å². The molecule has 4 aromatic rings. The lowest BCUT2D eigenvalue weighted by atomic mass is 10.2. The van der Waals surface area contributed by atoms with Crippen LogP contribution in [0.5, 0.6) is 5.75 Å². The van der Waals surface area contributed by atoms with E-state index >= 15 is 0 Å². The lowest BCUT2D eigenvalue weighted by Crippen LogP contribution is -2.22. The summed E-state index contributed by atoms with van der Waals surface area (Å²) >= 11 is 3.44. The summed E-state index contributed by atoms with van der Waals surface area (Å²) in [6.45, 7) is 10.3. The second kappa shape index (κ2) is 9.97. The molecule has 0 radical (unpaired) electrons. The topological polar surface area (TPSA) is 61.4 Å². The molecule has 0 saturated carbocycles. The van der Waals surface area contributed by atoms with Crippen LogP contribution in [0.1, 0.15) is 50.0 Å². The summed E-state index contributed by atoms with van der Waals surface area (Å²) < 4.78 is 10.3. The summed E-state index contributed by atoms with van der Waals surface area (Å²) in [5.41, 5.74) is 4.62. The van der Waals surface area contributed by atoms with Crippen molar-refractivity contribution < 1.29 is 4.74 Å². The van der Waals surface area contributed by atoms with Gasteiger partial charge in [0.1, 0.15) is 11.6 Å². The fraction of sp³-hybridized carbons (Fsp3) is 0.296. The molecule has 4 rings (SSSR count). The summed E-state index contributed by atoms with van der Waals surface area (Å²) in [5.74, 6) is 1.49. The van der Waals surface area contributed by atoms with Crippen LogP contribution in [0.15, 0.2) is 62.9 Å². The smallest absolute Gasteiger partial charge is 0.282 e. The van der Waals surface area contributed by atoms with Crippen molar-refractivity contribution in [2.45, 2.75) is 53.6 Å². The van der Waals surface area contributed by atoms with E-state index in [2.05, 4.69) is 76.5 Å². The number of ether oxygens (including phenoxy) is 1. The van der Waals surface area contributed by atoms with Crippen LogP contribution in [0.4, 0.5) is 0 Å². The average Bonchev–Trinajstić information content (AvgIpc) is 3.12. The first-order valence-electron chi connectivity index (χ1n) is 11.5. The highest BCUT2D eigenvalue weighted by Gasteiger charge is 2.12. The first kappa shape index (κ1) is 24.0. The average molecular weight is 521 g/mol. The standard InChI is InChI=1S/C27H29BrN4O2/c1-6-18(4)34-23-11-9-22(10-12-23)31-17(3)14-20(19(31)5)16-29-32-26(7-2)30-25-13-8-21(28)15-24(25)27(32)33/h8-16,18H,6-7H2,1-5H3/t18-/m0/s1. The van der Waals surface area contributed by atoms with Crippen LogP contribution in [0.3, 0.4) is 0 Å². The molecule has 7 heteroatoms. The van der Waals surface area contributed by atoms with E-state index in [9.17, 15) is 4.79 Å². The van der Waals surface area contributed by atoms with Gasteiger partial charge < -0.3 is 9.30 Å². The molecule has 0 bridgehead atoms. The Morgan fingerprint density at radius 3 is 2.53 bits per heavy atom. The summed E-state index contributed by atoms with van der Waals surface area (Å²) in [4.78, 5) is 17.8. The first-order valence-corrected chi connectivity index (χ1v) is 12.3. The number of aromatic nitrogens is 3. The third-order valence-corrected chi connectivity index (χ3v) is 6.47. The molecule has 0 spiro atoms. The number of nitrogens with zero attached hydrogens (tertiary/aromatic N) is 4. The predicted octanol–water partition coefficient (Wildman–Crippen LogP) is 6.19. The van der Waals surface area contributed by atoms with Crippen LogP contribution in [0, 0.1) is 13.8 Å². The van der Waals surface area contributed by atoms with Crippen LogP contribution in [-0.4, -0.2) is 26.5 Å². The Kier molecular flexibility index (Phi) is 7.03. The summed E-state index contributed by atoms with van der Waals surface area (Å²) in [6.07, 6.45) is 3.49. The van der Waals surface area contributed by atoms with E-state index in [1.54, 1.807) is 12.3 Å². The Morgan fingerprint density at radius 1 is 1.12 bits per heavy atom. The number of benzene rings is 2. The van der Waals surface area contributed by atoms with Crippen molar-refractivity contribution in [3.63, 3.8) is 0 Å². The third-order valence-electron chi connectivity index (χ3n) is 5.98. The minimum atomic E-state index is -0.176. The predicted molar refractivity (Wildman–Crippen MR) is 142 cm³/mol. The van der Waals surface area contributed by atoms with Gasteiger partial charge in [0.2, 0.25) is 0 Å². The van der Waals surface area contributed by atoms with Gasteiger partial charge in [0.15, 0.2) is 0 Å². The molecule has 0 unspecified atom stereocenters. The number of rotatable bonds is 7. The van der Waals surface area contributed by atoms with Crippen molar-refractivity contribution in [1.29, 1.82) is 0 Å². The van der Waals surface area contributed by atoms with Crippen molar-refractivity contribution in [3.8, 4) is 11.4 Å². The lowest BCUT2D eigenvalue weighted by Gasteiger charge is -2.14. The molecule has 0 amide bonds. The van der Waals surface area contributed by atoms with E-state index in [0.29, 0.717) is 23.1 Å². The highest BCUT2D eigenvalue weighted by Crippen LogP contribution is 2.23. The SMILES string of the molecule is CCc1nc2ccc(Br)cc2c(=O)n1N=Cc1cc(C)n(-c2ccc(O[C@@H](C)CC)cc2)c1C. The number of halogens is 1. The van der Waals surface area contributed by atoms with Gasteiger partial charge in [0.05, 0.1) is 23.2 Å². The minimum Gasteiger partial charge on any atom is -0.491 e. The molecule has 34 heavy (non-hydrogen) atoms. The molecule has 0 N–H and O–H groups in total. The largest absolute Gasteiger partial charge is 0.491 e. The van der Waals surface area contributed by atoms with Gasteiger partial charge >= 0.3 is 0 Å². The fourth-order valence-corrected chi connectivity index (χ4v) is 4.33. The molecule has 0 saturated heterocycles. The zero-order valence-corrected chi connectivity index (χ0v) is 21.8. The number of fused-ring (bicyclic) bond motifs is 1. The molecule has 0 aliphatic heterocycles. The van der Waals surface area contributed by atoms with E-state index in [-0.39, 0.29) is 11.7 Å². The molecule has 1 atom stereocenters. The van der Waals surface area contributed by atoms with Gasteiger partial charge in [-0.2, -0.15) is 9.78 Å². The van der Waals surface area contributed by atoms with Crippen molar-refractivity contribution in [2.75, 3.05) is 0 Å². The van der Waals surface area contributed by atoms with E-state index in [1.165, 1.54) is 4.68 Å². The van der Waals surface area contributed by atoms with Crippen LogP contribution in [0.2, 0.25) is 0 Å². The second-order valence-electron chi connectivity index (χ2n) is 8.40. The quantitative estimate of drug-likeness (QED) is 0.273. The van der Waals surface area contributed by atoms with Crippen LogP contribution in [0.25, 0.3) is 16.6 Å². The zero-order chi connectivity index (χ0) is 24.4. The second-order valence-corrected chi connectivity index (χ2v) is 9.31. The highest BCUT2D eigenvalue weighted by atomic mass is 79.9. The maximum absolute atomic E-state index is 13.2. The van der Waals surface area contributed by atoms with Crippen LogP contribution in [-0.2, 0) is 6.42 Å². The Labute approximate surface area is 208 Å². The molecule has 0 fully saturated rings. The Bertz CT molecular complexity index is 1420. The minimum absolute atomic E-state index is 0.176. The molecule has 2 aromatic carbocycles. The molecule has 2 aromatic heterocycles. The van der Waals surface area contributed by atoms with Gasteiger partial charge in [-0.25, -0.2) is 4.98 Å². The summed E-state index contributed by atoms with van der Waals surface area (Å²) in [5, 5.41) is 5.10. The maximum atomic E-state index is 13.2. The van der Waals surface area contributed by atoms with Crippen molar-refractivity contribution >= 4 is 33.0 Å². The molecule has 176 valence electrons. The lowest BCUT2D eigenvalue weighted by molar-refractivity contribution is 0.217. The first-order chi connectivity index (χ1) is 16.3. The Balaban J connectivity index is 1.70. The number of aryl methyl sites for hydroxylation is 2. The van der Waals surface area contributed by atoms with Gasteiger partial charge in [-0.3, -0.25) is 4.79 Å². The third kappa shape index (κ3) is 4.71. The molecular weight excluding hydrogens is 492 g/mol. The van der Waals surface area contributed by atoms with Crippen LogP contribution >= 0.6 is 15.9 Å². The van der Waals surface area contributed by atoms with Crippen LogP contribution < -0.4 is 10.3 Å². The highest BCUT2D eigenvalue weighted by molar-refractivity contribution is 9.10. The summed E-state index contributed by atoms with van der Waals surface area (Å²) in [7, 11) is 0. The molecular formula is C27H29BrN4O2. The van der Waals surface area contributed by atoms with E-state index in [4.69, 9.17) is 4.74 Å². The van der Waals surface area contributed by atoms with Crippen molar-refractivity contribution in [1.82, 2.24) is 14.2 Å². The molecule has 0 aliphatic carbocycles. The number of hydrogen-bond acceptors (Lipinski definition) is 4. The summed E-state index contributed by atoms with van der Waals surface area (Å²) in [6, 6.07) is 15.7. The fourth-order valence-electron chi connectivity index (χ4n) is 3.97. The van der Waals surface area contributed by atoms with Gasteiger partial charge in [0, 0.05) is 33.5 Å². The van der Waals surface area contributed by atoms with Gasteiger partial charge in [-0.15, -0.1) is 0 Å². The normalized spacial score (nSPS) is 12.5. The maximum Gasteiger partial charge on any atom is 0.282 e. The molecule has 6 nitrogen and oxygen atoms in total. The molecule has 2 heterocycles. The monoisotopic (exact) mass is 520 g/mol. The van der Waals surface area contributed by atoms with Gasteiger partial charge in [0.25, 0.3) is 5.56 Å². The van der Waals surface area contributed by atoms with Gasteiger partial charge in [-0.05, 0) is 75.7 Å². The van der Waals surface area contributed by atoms with E-state index in [0.717, 1.165) is 39.3 Å². The molecule has 0 aliphatic rings. The van der Waals surface area contributed by atoms with E-state index in [1.807, 2.05) is 31.2 Å². The zero-order valence-electron chi connectivity index (χ0n) is 20.2.